The van der Waals surface area contributed by atoms with Gasteiger partial charge in [0.1, 0.15) is 17.2 Å². The van der Waals surface area contributed by atoms with Crippen LogP contribution in [0.3, 0.4) is 0 Å². The first kappa shape index (κ1) is 37.9. The molecule has 1 unspecified atom stereocenters. The summed E-state index contributed by atoms with van der Waals surface area (Å²) < 4.78 is 29.9. The minimum absolute atomic E-state index is 0.0174. The van der Waals surface area contributed by atoms with Gasteiger partial charge in [-0.3, -0.25) is 0 Å². The summed E-state index contributed by atoms with van der Waals surface area (Å²) in [5.74, 6) is -4.47. The second-order valence-electron chi connectivity index (χ2n) is 14.0. The number of benzene rings is 3. The molecule has 0 saturated carbocycles. The van der Waals surface area contributed by atoms with Gasteiger partial charge in [0.15, 0.2) is 6.29 Å². The van der Waals surface area contributed by atoms with Gasteiger partial charge in [-0.1, -0.05) is 91.0 Å². The highest BCUT2D eigenvalue weighted by molar-refractivity contribution is 5.68. The molecule has 53 heavy (non-hydrogen) atoms. The fourth-order valence-electron chi connectivity index (χ4n) is 6.01. The molecule has 1 amide bonds. The Labute approximate surface area is 309 Å². The fraction of sp³-hybridized carbons (Fsp3) is 0.366. The average Bonchev–Trinajstić information content (AvgIpc) is 3.17. The lowest BCUT2D eigenvalue weighted by Crippen LogP contribution is -2.68. The third-order valence-corrected chi connectivity index (χ3v) is 8.89. The molecule has 6 rings (SSSR count). The number of pyridine rings is 1. The first-order valence-corrected chi connectivity index (χ1v) is 17.7. The Hall–Kier alpha value is -4.82. The molecule has 3 aromatic carbocycles. The van der Waals surface area contributed by atoms with E-state index in [0.29, 0.717) is 43.1 Å². The van der Waals surface area contributed by atoms with Gasteiger partial charge in [0.25, 0.3) is 5.79 Å². The van der Waals surface area contributed by atoms with Gasteiger partial charge in [-0.05, 0) is 49.6 Å². The van der Waals surface area contributed by atoms with E-state index in [1.54, 1.807) is 35.4 Å². The number of ether oxygens (including phenoxy) is 5. The Kier molecular flexibility index (Phi) is 11.8. The van der Waals surface area contributed by atoms with Crippen molar-refractivity contribution < 1.29 is 43.8 Å². The maximum Gasteiger partial charge on any atom is 0.410 e. The van der Waals surface area contributed by atoms with Crippen molar-refractivity contribution in [2.45, 2.75) is 70.2 Å². The van der Waals surface area contributed by atoms with Crippen LogP contribution in [0.5, 0.6) is 0 Å². The predicted octanol–water partition coefficient (Wildman–Crippen LogP) is 5.22. The van der Waals surface area contributed by atoms with Crippen molar-refractivity contribution in [2.75, 3.05) is 31.1 Å². The number of hydrogen-bond acceptors (Lipinski definition) is 11. The highest BCUT2D eigenvalue weighted by Crippen LogP contribution is 2.43. The van der Waals surface area contributed by atoms with Crippen molar-refractivity contribution in [1.29, 1.82) is 0 Å². The molecule has 0 bridgehead atoms. The van der Waals surface area contributed by atoms with Crippen LogP contribution in [-0.2, 0) is 43.5 Å². The molecule has 3 N–H and O–H groups in total. The van der Waals surface area contributed by atoms with Crippen LogP contribution in [0.1, 0.15) is 43.0 Å². The van der Waals surface area contributed by atoms with Gasteiger partial charge < -0.3 is 48.8 Å². The van der Waals surface area contributed by atoms with Gasteiger partial charge in [-0.2, -0.15) is 0 Å². The molecule has 1 aromatic heterocycles. The number of aliphatic hydroxyl groups is 3. The number of aromatic nitrogens is 1. The van der Waals surface area contributed by atoms with Gasteiger partial charge >= 0.3 is 6.09 Å². The Balaban J connectivity index is 1.28. The minimum atomic E-state index is -2.67. The van der Waals surface area contributed by atoms with E-state index in [2.05, 4.69) is 9.88 Å². The summed E-state index contributed by atoms with van der Waals surface area (Å²) in [4.78, 5) is 21.0. The topological polar surface area (TPSA) is 143 Å². The highest BCUT2D eigenvalue weighted by Gasteiger charge is 2.63. The molecule has 0 spiro atoms. The van der Waals surface area contributed by atoms with E-state index < -0.39 is 29.6 Å². The lowest BCUT2D eigenvalue weighted by Gasteiger charge is -2.48. The molecule has 3 heterocycles. The van der Waals surface area contributed by atoms with Crippen LogP contribution in [0.2, 0.25) is 0 Å². The number of aliphatic hydroxyl groups excluding tert-OH is 1. The van der Waals surface area contributed by atoms with Crippen molar-refractivity contribution in [2.24, 2.45) is 0 Å². The van der Waals surface area contributed by atoms with Crippen molar-refractivity contribution in [3.8, 4) is 0 Å². The zero-order chi connectivity index (χ0) is 37.5. The van der Waals surface area contributed by atoms with Gasteiger partial charge in [-0.15, -0.1) is 0 Å². The normalized spacial score (nSPS) is 22.5. The summed E-state index contributed by atoms with van der Waals surface area (Å²) in [6.45, 7) is 7.29. The number of carbonyl (C=O) groups is 1. The molecule has 1 fully saturated rings. The number of piperazine rings is 1. The minimum Gasteiger partial charge on any atom is -0.479 e. The zero-order valence-corrected chi connectivity index (χ0v) is 30.2. The van der Waals surface area contributed by atoms with Crippen LogP contribution in [-0.4, -0.2) is 87.0 Å². The van der Waals surface area contributed by atoms with Crippen LogP contribution in [0.4, 0.5) is 10.6 Å². The summed E-state index contributed by atoms with van der Waals surface area (Å²) in [5, 5.41) is 36.3. The second-order valence-corrected chi connectivity index (χ2v) is 14.0. The van der Waals surface area contributed by atoms with E-state index in [4.69, 9.17) is 23.7 Å². The maximum atomic E-state index is 12.6. The largest absolute Gasteiger partial charge is 0.479 e. The Morgan fingerprint density at radius 1 is 0.811 bits per heavy atom. The molecule has 2 aliphatic rings. The van der Waals surface area contributed by atoms with Gasteiger partial charge in [0, 0.05) is 44.0 Å². The van der Waals surface area contributed by atoms with Gasteiger partial charge in [-0.25, -0.2) is 9.78 Å². The number of amides is 1. The fourth-order valence-corrected chi connectivity index (χ4v) is 6.01. The lowest BCUT2D eigenvalue weighted by molar-refractivity contribution is -0.420. The van der Waals surface area contributed by atoms with Crippen molar-refractivity contribution in [3.05, 3.63) is 138 Å². The number of hydrogen-bond donors (Lipinski definition) is 3. The van der Waals surface area contributed by atoms with Crippen molar-refractivity contribution >= 4 is 17.7 Å². The lowest BCUT2D eigenvalue weighted by atomic mass is 9.93. The molecule has 280 valence electrons. The predicted molar refractivity (Wildman–Crippen MR) is 197 cm³/mol. The highest BCUT2D eigenvalue weighted by atomic mass is 16.7. The number of carbonyl (C=O) groups excluding carboxylic acids is 1. The molecular weight excluding hydrogens is 678 g/mol. The molecule has 12 nitrogen and oxygen atoms in total. The summed E-state index contributed by atoms with van der Waals surface area (Å²) >= 11 is 0. The molecular formula is C41H47N3O9. The van der Waals surface area contributed by atoms with Gasteiger partial charge in [0.05, 0.1) is 19.8 Å². The second kappa shape index (κ2) is 16.5. The van der Waals surface area contributed by atoms with E-state index in [1.165, 1.54) is 6.08 Å². The molecule has 12 heteroatoms. The Morgan fingerprint density at radius 2 is 1.36 bits per heavy atom. The third kappa shape index (κ3) is 9.41. The van der Waals surface area contributed by atoms with Crippen molar-refractivity contribution in [3.63, 3.8) is 0 Å². The first-order valence-electron chi connectivity index (χ1n) is 17.7. The van der Waals surface area contributed by atoms with Crippen LogP contribution >= 0.6 is 0 Å². The standard InChI is InChI=1S/C41H47N3O9/c1-39(2,3)53-38(46)44-23-21-43(22-24-44)35-20-19-33(26-42-35)34-25-40(47,50-28-31-15-9-5-10-16-31)41(48,51-29-32-17-11-6-12-18-32)36(52-34)37(45)49-27-30-13-7-4-8-14-30/h4-20,25-26,36-37,45,47-48H,21-24,27-29H2,1-3H3/t36-,37?,40+,41+/m1/s1. The summed E-state index contributed by atoms with van der Waals surface area (Å²) in [5.41, 5.74) is 2.06. The first-order chi connectivity index (χ1) is 25.4. The number of nitrogens with zero attached hydrogens (tertiary/aromatic N) is 3. The number of anilines is 1. The van der Waals surface area contributed by atoms with E-state index in [9.17, 15) is 20.1 Å². The van der Waals surface area contributed by atoms with E-state index in [0.717, 1.165) is 11.1 Å². The Morgan fingerprint density at radius 3 is 1.89 bits per heavy atom. The summed E-state index contributed by atoms with van der Waals surface area (Å²) in [6.07, 6.45) is -1.03. The van der Waals surface area contributed by atoms with E-state index >= 15 is 0 Å². The third-order valence-electron chi connectivity index (χ3n) is 8.89. The van der Waals surface area contributed by atoms with Gasteiger partial charge in [0.2, 0.25) is 11.9 Å². The van der Waals surface area contributed by atoms with E-state index in [1.807, 2.05) is 99.6 Å². The molecule has 0 aliphatic carbocycles. The zero-order valence-electron chi connectivity index (χ0n) is 30.2. The molecule has 4 atom stereocenters. The average molecular weight is 726 g/mol. The van der Waals surface area contributed by atoms with Crippen molar-refractivity contribution in [1.82, 2.24) is 9.88 Å². The van der Waals surface area contributed by atoms with Crippen LogP contribution in [0.25, 0.3) is 5.76 Å². The SMILES string of the molecule is CC(C)(C)OC(=O)N1CCN(c2ccc(C3=C[C@](O)(OCc4ccccc4)[C@@](O)(OCc4ccccc4)[C@@H](C(O)OCc4ccccc4)O3)cn2)CC1. The summed E-state index contributed by atoms with van der Waals surface area (Å²) in [6, 6.07) is 31.1. The van der Waals surface area contributed by atoms with Crippen LogP contribution < -0.4 is 4.90 Å². The summed E-state index contributed by atoms with van der Waals surface area (Å²) in [7, 11) is 0. The quantitative estimate of drug-likeness (QED) is 0.165. The van der Waals surface area contributed by atoms with E-state index in [-0.39, 0.29) is 31.7 Å². The molecule has 0 radical (unpaired) electrons. The molecule has 1 saturated heterocycles. The number of rotatable bonds is 12. The smallest absolute Gasteiger partial charge is 0.410 e. The van der Waals surface area contributed by atoms with Crippen LogP contribution in [0.15, 0.2) is 115 Å². The van der Waals surface area contributed by atoms with Crippen LogP contribution in [0, 0.1) is 0 Å². The monoisotopic (exact) mass is 725 g/mol. The molecule has 4 aromatic rings. The maximum absolute atomic E-state index is 12.6. The molecule has 2 aliphatic heterocycles. The Bertz CT molecular complexity index is 1800.